The lowest BCUT2D eigenvalue weighted by Crippen LogP contribution is -2.16. The highest BCUT2D eigenvalue weighted by molar-refractivity contribution is 5.48. The van der Waals surface area contributed by atoms with Gasteiger partial charge in [-0.1, -0.05) is 0 Å². The van der Waals surface area contributed by atoms with Gasteiger partial charge in [0.15, 0.2) is 11.5 Å². The van der Waals surface area contributed by atoms with Crippen LogP contribution in [0.5, 0.6) is 11.5 Å². The Hall–Kier alpha value is -1.22. The topological polar surface area (TPSA) is 30.5 Å². The van der Waals surface area contributed by atoms with Gasteiger partial charge in [0.05, 0.1) is 13.2 Å². The second-order valence-electron chi connectivity index (χ2n) is 4.18. The van der Waals surface area contributed by atoms with Crippen LogP contribution in [0.2, 0.25) is 0 Å². The van der Waals surface area contributed by atoms with Gasteiger partial charge < -0.3 is 14.8 Å². The molecule has 1 aliphatic heterocycles. The summed E-state index contributed by atoms with van der Waals surface area (Å²) in [7, 11) is 0. The molecule has 0 spiro atoms. The quantitative estimate of drug-likeness (QED) is 0.867. The molecule has 0 radical (unpaired) electrons. The molecule has 0 saturated carbocycles. The third-order valence-corrected chi connectivity index (χ3v) is 3.01. The lowest BCUT2D eigenvalue weighted by atomic mass is 10.0. The van der Waals surface area contributed by atoms with E-state index in [4.69, 9.17) is 9.47 Å². The summed E-state index contributed by atoms with van der Waals surface area (Å²) in [4.78, 5) is 0. The molecule has 1 heterocycles. The maximum Gasteiger partial charge on any atom is 0.161 e. The molecule has 94 valence electrons. The molecule has 0 unspecified atom stereocenters. The van der Waals surface area contributed by atoms with Crippen molar-refractivity contribution in [2.24, 2.45) is 0 Å². The predicted octanol–water partition coefficient (Wildman–Crippen LogP) is 2.17. The molecule has 1 N–H and O–H groups in total. The fraction of sp³-hybridized carbons (Fsp3) is 0.571. The van der Waals surface area contributed by atoms with Gasteiger partial charge in [0, 0.05) is 0 Å². The van der Waals surface area contributed by atoms with Crippen LogP contribution in [0.1, 0.15) is 25.0 Å². The molecule has 0 aliphatic carbocycles. The van der Waals surface area contributed by atoms with E-state index >= 15 is 0 Å². The monoisotopic (exact) mass is 235 g/mol. The van der Waals surface area contributed by atoms with Gasteiger partial charge in [0.2, 0.25) is 0 Å². The Kier molecular flexibility index (Phi) is 4.26. The molecule has 0 amide bonds. The first kappa shape index (κ1) is 12.2. The zero-order chi connectivity index (χ0) is 12.1. The summed E-state index contributed by atoms with van der Waals surface area (Å²) in [5, 5.41) is 3.42. The summed E-state index contributed by atoms with van der Waals surface area (Å²) in [5.74, 6) is 1.77. The van der Waals surface area contributed by atoms with Crippen molar-refractivity contribution in [3.8, 4) is 11.5 Å². The van der Waals surface area contributed by atoms with Crippen molar-refractivity contribution in [3.05, 3.63) is 23.3 Å². The molecular weight excluding hydrogens is 214 g/mol. The molecule has 0 saturated heterocycles. The molecule has 0 bridgehead atoms. The van der Waals surface area contributed by atoms with E-state index in [1.54, 1.807) is 0 Å². The van der Waals surface area contributed by atoms with Crippen molar-refractivity contribution in [1.29, 1.82) is 0 Å². The number of hydrogen-bond acceptors (Lipinski definition) is 3. The molecule has 0 fully saturated rings. The molecule has 0 aromatic heterocycles. The summed E-state index contributed by atoms with van der Waals surface area (Å²) in [5.41, 5.74) is 2.78. The Morgan fingerprint density at radius 1 is 0.941 bits per heavy atom. The van der Waals surface area contributed by atoms with Crippen LogP contribution in [-0.4, -0.2) is 26.3 Å². The Morgan fingerprint density at radius 2 is 1.41 bits per heavy atom. The average Bonchev–Trinajstić information content (AvgIpc) is 2.55. The van der Waals surface area contributed by atoms with Crippen LogP contribution < -0.4 is 14.8 Å². The van der Waals surface area contributed by atoms with Crippen LogP contribution >= 0.6 is 0 Å². The van der Waals surface area contributed by atoms with Crippen LogP contribution in [0.25, 0.3) is 0 Å². The van der Waals surface area contributed by atoms with Crippen molar-refractivity contribution in [1.82, 2.24) is 5.32 Å². The highest BCUT2D eigenvalue weighted by Crippen LogP contribution is 2.32. The first-order valence-corrected chi connectivity index (χ1v) is 6.47. The van der Waals surface area contributed by atoms with Gasteiger partial charge in [-0.05, 0) is 63.0 Å². The number of nitrogens with one attached hydrogen (secondary N) is 1. The van der Waals surface area contributed by atoms with Gasteiger partial charge in [0.1, 0.15) is 0 Å². The number of fused-ring (bicyclic) bond motifs is 1. The van der Waals surface area contributed by atoms with Gasteiger partial charge in [-0.15, -0.1) is 0 Å². The third-order valence-electron chi connectivity index (χ3n) is 3.01. The zero-order valence-electron chi connectivity index (χ0n) is 10.7. The number of benzene rings is 1. The number of rotatable bonds is 4. The van der Waals surface area contributed by atoms with Gasteiger partial charge in [-0.25, -0.2) is 0 Å². The van der Waals surface area contributed by atoms with Crippen molar-refractivity contribution >= 4 is 0 Å². The number of ether oxygens (including phenoxy) is 2. The summed E-state index contributed by atoms with van der Waals surface area (Å²) >= 11 is 0. The normalized spacial score (nSPS) is 14.9. The third kappa shape index (κ3) is 2.91. The molecule has 1 aromatic carbocycles. The Labute approximate surface area is 103 Å². The van der Waals surface area contributed by atoms with Gasteiger partial charge in [-0.3, -0.25) is 0 Å². The molecule has 1 aromatic rings. The molecule has 2 rings (SSSR count). The van der Waals surface area contributed by atoms with E-state index in [1.165, 1.54) is 11.1 Å². The Bertz CT molecular complexity index is 342. The fourth-order valence-electron chi connectivity index (χ4n) is 2.22. The van der Waals surface area contributed by atoms with Crippen molar-refractivity contribution in [3.63, 3.8) is 0 Å². The lowest BCUT2D eigenvalue weighted by molar-refractivity contribution is 0.287. The standard InChI is InChI=1S/C14H21NO2/c1-3-16-13-9-11-5-7-15-8-6-12(11)10-14(13)17-4-2/h9-10,15H,3-8H2,1-2H3. The van der Waals surface area contributed by atoms with Crippen molar-refractivity contribution < 1.29 is 9.47 Å². The van der Waals surface area contributed by atoms with E-state index < -0.39 is 0 Å². The number of hydrogen-bond donors (Lipinski definition) is 1. The molecule has 3 nitrogen and oxygen atoms in total. The molecule has 17 heavy (non-hydrogen) atoms. The second kappa shape index (κ2) is 5.92. The van der Waals surface area contributed by atoms with E-state index in [0.717, 1.165) is 37.4 Å². The van der Waals surface area contributed by atoms with Crippen molar-refractivity contribution in [2.75, 3.05) is 26.3 Å². The molecule has 0 atom stereocenters. The predicted molar refractivity (Wildman–Crippen MR) is 69.1 cm³/mol. The van der Waals surface area contributed by atoms with Crippen LogP contribution in [-0.2, 0) is 12.8 Å². The molecular formula is C14H21NO2. The molecule has 3 heteroatoms. The minimum absolute atomic E-state index is 0.678. The molecule has 1 aliphatic rings. The first-order chi connectivity index (χ1) is 8.35. The van der Waals surface area contributed by atoms with Gasteiger partial charge in [-0.2, -0.15) is 0 Å². The minimum atomic E-state index is 0.678. The van der Waals surface area contributed by atoms with Crippen LogP contribution in [0, 0.1) is 0 Å². The van der Waals surface area contributed by atoms with Gasteiger partial charge in [0.25, 0.3) is 0 Å². The SMILES string of the molecule is CCOc1cc2c(cc1OCC)CCNCC2. The Balaban J connectivity index is 2.33. The van der Waals surface area contributed by atoms with E-state index in [9.17, 15) is 0 Å². The van der Waals surface area contributed by atoms with E-state index in [-0.39, 0.29) is 0 Å². The van der Waals surface area contributed by atoms with Crippen LogP contribution in [0.15, 0.2) is 12.1 Å². The smallest absolute Gasteiger partial charge is 0.161 e. The van der Waals surface area contributed by atoms with Gasteiger partial charge >= 0.3 is 0 Å². The maximum atomic E-state index is 5.65. The van der Waals surface area contributed by atoms with E-state index in [2.05, 4.69) is 17.4 Å². The zero-order valence-corrected chi connectivity index (χ0v) is 10.7. The van der Waals surface area contributed by atoms with Crippen LogP contribution in [0.4, 0.5) is 0 Å². The summed E-state index contributed by atoms with van der Waals surface area (Å²) in [6, 6.07) is 4.30. The van der Waals surface area contributed by atoms with Crippen molar-refractivity contribution in [2.45, 2.75) is 26.7 Å². The van der Waals surface area contributed by atoms with Crippen LogP contribution in [0.3, 0.4) is 0 Å². The maximum absolute atomic E-state index is 5.65. The Morgan fingerprint density at radius 3 is 1.82 bits per heavy atom. The largest absolute Gasteiger partial charge is 0.490 e. The highest BCUT2D eigenvalue weighted by atomic mass is 16.5. The summed E-state index contributed by atoms with van der Waals surface area (Å²) < 4.78 is 11.3. The first-order valence-electron chi connectivity index (χ1n) is 6.47. The fourth-order valence-corrected chi connectivity index (χ4v) is 2.22. The summed E-state index contributed by atoms with van der Waals surface area (Å²) in [6.45, 7) is 7.46. The minimum Gasteiger partial charge on any atom is -0.490 e. The van der Waals surface area contributed by atoms with E-state index in [0.29, 0.717) is 13.2 Å². The lowest BCUT2D eigenvalue weighted by Gasteiger charge is -2.14. The average molecular weight is 235 g/mol. The summed E-state index contributed by atoms with van der Waals surface area (Å²) in [6.07, 6.45) is 2.14. The van der Waals surface area contributed by atoms with E-state index in [1.807, 2.05) is 13.8 Å². The highest BCUT2D eigenvalue weighted by Gasteiger charge is 2.13. The second-order valence-corrected chi connectivity index (χ2v) is 4.18.